The van der Waals surface area contributed by atoms with Gasteiger partial charge in [-0.15, -0.1) is 11.8 Å². The summed E-state index contributed by atoms with van der Waals surface area (Å²) in [4.78, 5) is 3.95. The van der Waals surface area contributed by atoms with Crippen molar-refractivity contribution in [3.8, 4) is 0 Å². The van der Waals surface area contributed by atoms with Gasteiger partial charge in [-0.1, -0.05) is 18.7 Å². The van der Waals surface area contributed by atoms with Gasteiger partial charge >= 0.3 is 0 Å². The summed E-state index contributed by atoms with van der Waals surface area (Å²) in [5.41, 5.74) is 7.47. The Bertz CT molecular complexity index is 518. The molecule has 0 bridgehead atoms. The van der Waals surface area contributed by atoms with E-state index in [-0.39, 0.29) is 0 Å². The predicted molar refractivity (Wildman–Crippen MR) is 94.4 cm³/mol. The SMILES string of the molecule is C=C1CC2=C(CCC2)/C1=C(/C)SCC(=C)N1CCCCC1. The van der Waals surface area contributed by atoms with Crippen LogP contribution in [0.5, 0.6) is 0 Å². The van der Waals surface area contributed by atoms with E-state index in [1.54, 1.807) is 11.1 Å². The van der Waals surface area contributed by atoms with E-state index in [1.165, 1.54) is 73.4 Å². The van der Waals surface area contributed by atoms with E-state index < -0.39 is 0 Å². The van der Waals surface area contributed by atoms with Gasteiger partial charge < -0.3 is 4.90 Å². The lowest BCUT2D eigenvalue weighted by molar-refractivity contribution is 0.288. The van der Waals surface area contributed by atoms with E-state index in [1.807, 2.05) is 11.8 Å². The highest BCUT2D eigenvalue weighted by Crippen LogP contribution is 2.47. The summed E-state index contributed by atoms with van der Waals surface area (Å²) < 4.78 is 0. The Labute approximate surface area is 133 Å². The maximum atomic E-state index is 4.31. The molecule has 0 N–H and O–H groups in total. The maximum Gasteiger partial charge on any atom is 0.0373 e. The van der Waals surface area contributed by atoms with Crippen molar-refractivity contribution in [1.82, 2.24) is 4.90 Å². The molecular formula is C19H27NS. The van der Waals surface area contributed by atoms with Crippen molar-refractivity contribution in [3.63, 3.8) is 0 Å². The van der Waals surface area contributed by atoms with Gasteiger partial charge in [-0.25, -0.2) is 0 Å². The van der Waals surface area contributed by atoms with Crippen molar-refractivity contribution in [1.29, 1.82) is 0 Å². The average Bonchev–Trinajstić information content (AvgIpc) is 3.05. The van der Waals surface area contributed by atoms with Crippen molar-refractivity contribution in [2.75, 3.05) is 18.8 Å². The lowest BCUT2D eigenvalue weighted by Gasteiger charge is -2.30. The van der Waals surface area contributed by atoms with Crippen LogP contribution in [0.25, 0.3) is 0 Å². The van der Waals surface area contributed by atoms with Crippen LogP contribution in [-0.2, 0) is 0 Å². The molecule has 0 spiro atoms. The van der Waals surface area contributed by atoms with E-state index in [2.05, 4.69) is 25.0 Å². The van der Waals surface area contributed by atoms with Crippen molar-refractivity contribution in [2.24, 2.45) is 0 Å². The van der Waals surface area contributed by atoms with Gasteiger partial charge in [0, 0.05) is 24.5 Å². The van der Waals surface area contributed by atoms with Crippen molar-refractivity contribution in [2.45, 2.75) is 51.9 Å². The maximum absolute atomic E-state index is 4.31. The third-order valence-corrected chi connectivity index (χ3v) is 6.14. The van der Waals surface area contributed by atoms with E-state index in [4.69, 9.17) is 0 Å². The first-order chi connectivity index (χ1) is 10.2. The molecule has 0 aromatic rings. The second-order valence-electron chi connectivity index (χ2n) is 6.55. The van der Waals surface area contributed by atoms with Crippen LogP contribution in [-0.4, -0.2) is 23.7 Å². The summed E-state index contributed by atoms with van der Waals surface area (Å²) in [6.07, 6.45) is 9.10. The zero-order valence-corrected chi connectivity index (χ0v) is 14.2. The van der Waals surface area contributed by atoms with Gasteiger partial charge in [-0.3, -0.25) is 0 Å². The molecule has 21 heavy (non-hydrogen) atoms. The van der Waals surface area contributed by atoms with E-state index >= 15 is 0 Å². The molecule has 0 atom stereocenters. The third kappa shape index (κ3) is 3.15. The number of hydrogen-bond donors (Lipinski definition) is 0. The first-order valence-electron chi connectivity index (χ1n) is 8.32. The summed E-state index contributed by atoms with van der Waals surface area (Å²) in [5.74, 6) is 1.03. The van der Waals surface area contributed by atoms with Gasteiger partial charge in [0.1, 0.15) is 0 Å². The van der Waals surface area contributed by atoms with Crippen molar-refractivity contribution in [3.05, 3.63) is 46.1 Å². The molecule has 1 nitrogen and oxygen atoms in total. The molecule has 0 saturated carbocycles. The molecule has 0 aromatic heterocycles. The minimum atomic E-state index is 1.03. The Hall–Kier alpha value is -0.890. The van der Waals surface area contributed by atoms with Gasteiger partial charge in [0.15, 0.2) is 0 Å². The largest absolute Gasteiger partial charge is 0.375 e. The fourth-order valence-corrected chi connectivity index (χ4v) is 4.87. The number of allylic oxidation sites excluding steroid dienone is 5. The highest BCUT2D eigenvalue weighted by molar-refractivity contribution is 8.03. The lowest BCUT2D eigenvalue weighted by atomic mass is 10.0. The molecule has 3 aliphatic rings. The first kappa shape index (κ1) is 15.0. The normalized spacial score (nSPS) is 24.6. The van der Waals surface area contributed by atoms with Crippen LogP contribution in [0.3, 0.4) is 0 Å². The Morgan fingerprint density at radius 2 is 1.90 bits per heavy atom. The van der Waals surface area contributed by atoms with Gasteiger partial charge in [0.25, 0.3) is 0 Å². The monoisotopic (exact) mass is 301 g/mol. The summed E-state index contributed by atoms with van der Waals surface area (Å²) in [6, 6.07) is 0. The number of likely N-dealkylation sites (tertiary alicyclic amines) is 1. The lowest BCUT2D eigenvalue weighted by Crippen LogP contribution is -2.29. The predicted octanol–water partition coefficient (Wildman–Crippen LogP) is 5.43. The molecule has 2 aliphatic carbocycles. The Kier molecular flexibility index (Phi) is 4.63. The van der Waals surface area contributed by atoms with Crippen LogP contribution >= 0.6 is 11.8 Å². The van der Waals surface area contributed by atoms with Crippen LogP contribution in [0.1, 0.15) is 51.9 Å². The molecule has 0 aromatic carbocycles. The topological polar surface area (TPSA) is 3.24 Å². The van der Waals surface area contributed by atoms with Gasteiger partial charge in [-0.2, -0.15) is 0 Å². The summed E-state index contributed by atoms with van der Waals surface area (Å²) in [7, 11) is 0. The van der Waals surface area contributed by atoms with Crippen LogP contribution in [0, 0.1) is 0 Å². The van der Waals surface area contributed by atoms with Crippen LogP contribution in [0.15, 0.2) is 46.1 Å². The van der Waals surface area contributed by atoms with Crippen LogP contribution in [0.4, 0.5) is 0 Å². The molecule has 114 valence electrons. The van der Waals surface area contributed by atoms with Crippen LogP contribution < -0.4 is 0 Å². The number of nitrogens with zero attached hydrogens (tertiary/aromatic N) is 1. The van der Waals surface area contributed by atoms with Gasteiger partial charge in [-0.05, 0) is 73.5 Å². The minimum Gasteiger partial charge on any atom is -0.375 e. The quantitative estimate of drug-likeness (QED) is 0.681. The summed E-state index contributed by atoms with van der Waals surface area (Å²) >= 11 is 1.97. The smallest absolute Gasteiger partial charge is 0.0373 e. The first-order valence-corrected chi connectivity index (χ1v) is 9.31. The number of thioether (sulfide) groups is 1. The summed E-state index contributed by atoms with van der Waals surface area (Å²) in [6.45, 7) is 13.3. The zero-order valence-electron chi connectivity index (χ0n) is 13.3. The Balaban J connectivity index is 1.63. The van der Waals surface area contributed by atoms with Crippen molar-refractivity contribution >= 4 is 11.8 Å². The van der Waals surface area contributed by atoms with E-state index in [0.717, 1.165) is 12.2 Å². The highest BCUT2D eigenvalue weighted by atomic mass is 32.2. The molecule has 2 heteroatoms. The molecule has 1 fully saturated rings. The number of piperidine rings is 1. The molecule has 0 radical (unpaired) electrons. The van der Waals surface area contributed by atoms with E-state index in [0.29, 0.717) is 0 Å². The molecule has 0 unspecified atom stereocenters. The average molecular weight is 301 g/mol. The standard InChI is InChI=1S/C19H27NS/c1-14-12-17-8-7-9-18(17)19(14)16(3)21-13-15(2)20-10-5-4-6-11-20/h1-2,4-13H2,3H3/b19-16-. The van der Waals surface area contributed by atoms with Crippen molar-refractivity contribution < 1.29 is 0 Å². The molecule has 1 aliphatic heterocycles. The fourth-order valence-electron chi connectivity index (χ4n) is 3.89. The summed E-state index contributed by atoms with van der Waals surface area (Å²) in [5, 5.41) is 0. The van der Waals surface area contributed by atoms with Gasteiger partial charge in [0.2, 0.25) is 0 Å². The molecular weight excluding hydrogens is 274 g/mol. The molecule has 0 amide bonds. The zero-order chi connectivity index (χ0) is 14.8. The Morgan fingerprint density at radius 3 is 2.67 bits per heavy atom. The van der Waals surface area contributed by atoms with E-state index in [9.17, 15) is 0 Å². The highest BCUT2D eigenvalue weighted by Gasteiger charge is 2.28. The Morgan fingerprint density at radius 1 is 1.14 bits per heavy atom. The fraction of sp³-hybridized carbons (Fsp3) is 0.579. The third-order valence-electron chi connectivity index (χ3n) is 5.02. The number of hydrogen-bond acceptors (Lipinski definition) is 2. The van der Waals surface area contributed by atoms with Crippen LogP contribution in [0.2, 0.25) is 0 Å². The molecule has 1 saturated heterocycles. The second kappa shape index (κ2) is 6.48. The minimum absolute atomic E-state index is 1.03. The molecule has 1 heterocycles. The van der Waals surface area contributed by atoms with Gasteiger partial charge in [0.05, 0.1) is 0 Å². The molecule has 3 rings (SSSR count). The number of rotatable bonds is 4. The second-order valence-corrected chi connectivity index (χ2v) is 7.74.